The van der Waals surface area contributed by atoms with E-state index in [2.05, 4.69) is 30.9 Å². The van der Waals surface area contributed by atoms with Crippen LogP contribution in [0.4, 0.5) is 0 Å². The first-order chi connectivity index (χ1) is 18.3. The molecule has 0 aliphatic carbocycles. The quantitative estimate of drug-likeness (QED) is 0.440. The first kappa shape index (κ1) is 28.1. The van der Waals surface area contributed by atoms with Crippen LogP contribution in [0.2, 0.25) is 0 Å². The molecular formula is C27H36N6O6. The van der Waals surface area contributed by atoms with Crippen LogP contribution in [0.25, 0.3) is 0 Å². The van der Waals surface area contributed by atoms with Gasteiger partial charge < -0.3 is 29.2 Å². The van der Waals surface area contributed by atoms with Gasteiger partial charge in [0.05, 0.1) is 0 Å². The molecule has 0 radical (unpaired) electrons. The van der Waals surface area contributed by atoms with Gasteiger partial charge in [0.2, 0.25) is 17.7 Å². The molecule has 3 N–H and O–H groups in total. The van der Waals surface area contributed by atoms with Gasteiger partial charge in [-0.2, -0.15) is 0 Å². The molecular weight excluding hydrogens is 504 g/mol. The maximum absolute atomic E-state index is 13.3. The van der Waals surface area contributed by atoms with Crippen molar-refractivity contribution < 1.29 is 27.6 Å². The van der Waals surface area contributed by atoms with E-state index in [0.29, 0.717) is 17.3 Å². The Kier molecular flexibility index (Phi) is 7.67. The summed E-state index contributed by atoms with van der Waals surface area (Å²) in [6.45, 7) is 16.3. The standard InChI is InChI=1S/C27H36N6O6/c1-10(2)16-25-31-20(13(7)37-25)23(35)29-18(12(5)6)27-33-21(15(9)39-27)24(36)30-17(11(3)4)26-32-19(14(8)38-26)22(34)28-16/h10-12,16-18H,1-9H3,(H,28,34)(H,29,35)(H,30,36)/t16-,17-,18-/m0/s1. The fraction of sp³-hybridized carbons (Fsp3) is 0.556. The van der Waals surface area contributed by atoms with Crippen LogP contribution in [0.5, 0.6) is 0 Å². The number of carbonyl (C=O) groups is 3. The first-order valence-corrected chi connectivity index (χ1v) is 13.1. The number of aryl methyl sites for hydroxylation is 3. The molecule has 6 bridgehead atoms. The number of aromatic nitrogens is 3. The van der Waals surface area contributed by atoms with E-state index in [1.165, 1.54) is 0 Å². The molecule has 0 saturated heterocycles. The Morgan fingerprint density at radius 2 is 0.744 bits per heavy atom. The number of fused-ring (bicyclic) bond motifs is 6. The van der Waals surface area contributed by atoms with E-state index < -0.39 is 35.8 Å². The molecule has 3 aromatic heterocycles. The minimum Gasteiger partial charge on any atom is -0.443 e. The maximum atomic E-state index is 13.3. The molecule has 12 heteroatoms. The zero-order chi connectivity index (χ0) is 28.8. The molecule has 3 atom stereocenters. The van der Waals surface area contributed by atoms with Crippen LogP contribution >= 0.6 is 0 Å². The average Bonchev–Trinajstić information content (AvgIpc) is 3.54. The molecule has 0 unspecified atom stereocenters. The Balaban J connectivity index is 1.87. The van der Waals surface area contributed by atoms with E-state index in [0.717, 1.165) is 0 Å². The van der Waals surface area contributed by atoms with E-state index >= 15 is 0 Å². The zero-order valence-electron chi connectivity index (χ0n) is 23.8. The molecule has 0 saturated carbocycles. The number of amides is 3. The fourth-order valence-corrected chi connectivity index (χ4v) is 4.45. The van der Waals surface area contributed by atoms with Gasteiger partial charge in [-0.3, -0.25) is 14.4 Å². The lowest BCUT2D eigenvalue weighted by molar-refractivity contribution is 0.0905. The number of hydrogen-bond donors (Lipinski definition) is 3. The van der Waals surface area contributed by atoms with Gasteiger partial charge in [-0.15, -0.1) is 0 Å². The third-order valence-electron chi connectivity index (χ3n) is 6.74. The van der Waals surface area contributed by atoms with Crippen molar-refractivity contribution in [1.82, 2.24) is 30.9 Å². The summed E-state index contributed by atoms with van der Waals surface area (Å²) in [5, 5.41) is 8.76. The van der Waals surface area contributed by atoms with Crippen LogP contribution in [-0.4, -0.2) is 32.7 Å². The van der Waals surface area contributed by atoms with Crippen LogP contribution in [0.15, 0.2) is 13.3 Å². The predicted molar refractivity (Wildman–Crippen MR) is 139 cm³/mol. The fourth-order valence-electron chi connectivity index (χ4n) is 4.45. The van der Waals surface area contributed by atoms with Gasteiger partial charge in [0.25, 0.3) is 17.7 Å². The lowest BCUT2D eigenvalue weighted by Crippen LogP contribution is -2.35. The summed E-state index contributed by atoms with van der Waals surface area (Å²) in [7, 11) is 0. The monoisotopic (exact) mass is 540 g/mol. The summed E-state index contributed by atoms with van der Waals surface area (Å²) in [4.78, 5) is 53.4. The molecule has 0 aromatic carbocycles. The molecule has 1 aliphatic rings. The largest absolute Gasteiger partial charge is 0.443 e. The van der Waals surface area contributed by atoms with Crippen molar-refractivity contribution >= 4 is 17.7 Å². The molecule has 0 spiro atoms. The molecule has 1 aliphatic heterocycles. The highest BCUT2D eigenvalue weighted by atomic mass is 16.4. The molecule has 210 valence electrons. The van der Waals surface area contributed by atoms with Gasteiger partial charge in [-0.05, 0) is 38.5 Å². The number of hydrogen-bond acceptors (Lipinski definition) is 9. The molecule has 4 heterocycles. The Labute approximate surface area is 226 Å². The Morgan fingerprint density at radius 3 is 0.949 bits per heavy atom. The molecule has 0 fully saturated rings. The van der Waals surface area contributed by atoms with Crippen molar-refractivity contribution in [2.24, 2.45) is 17.8 Å². The molecule has 4 rings (SSSR count). The summed E-state index contributed by atoms with van der Waals surface area (Å²) < 4.78 is 17.6. The van der Waals surface area contributed by atoms with Crippen molar-refractivity contribution in [3.8, 4) is 0 Å². The van der Waals surface area contributed by atoms with Crippen molar-refractivity contribution in [1.29, 1.82) is 0 Å². The topological polar surface area (TPSA) is 165 Å². The predicted octanol–water partition coefficient (Wildman–Crippen LogP) is 4.27. The second-order valence-electron chi connectivity index (χ2n) is 11.0. The number of nitrogens with zero attached hydrogens (tertiary/aromatic N) is 3. The number of carbonyl (C=O) groups excluding carboxylic acids is 3. The van der Waals surface area contributed by atoms with Crippen molar-refractivity contribution in [2.75, 3.05) is 0 Å². The Hall–Kier alpha value is -3.96. The lowest BCUT2D eigenvalue weighted by Gasteiger charge is -2.20. The highest BCUT2D eigenvalue weighted by molar-refractivity contribution is 5.95. The SMILES string of the molecule is Cc1oc2nc1C(=O)N[C@@H](C(C)C)c1nc(c(C)o1)C(=O)N[C@@H](C(C)C)c1nc(c(C)o1)C(=O)N[C@H]2C(C)C. The molecule has 3 aromatic rings. The van der Waals surface area contributed by atoms with Crippen LogP contribution in [0.1, 0.15) is 126 Å². The van der Waals surface area contributed by atoms with Crippen molar-refractivity contribution in [3.63, 3.8) is 0 Å². The van der Waals surface area contributed by atoms with Crippen LogP contribution in [-0.2, 0) is 0 Å². The van der Waals surface area contributed by atoms with Crippen LogP contribution in [0, 0.1) is 38.5 Å². The minimum absolute atomic E-state index is 0.0811. The average molecular weight is 541 g/mol. The van der Waals surface area contributed by atoms with Gasteiger partial charge in [0.1, 0.15) is 35.4 Å². The molecule has 3 amide bonds. The second kappa shape index (κ2) is 10.7. The van der Waals surface area contributed by atoms with Gasteiger partial charge in [-0.25, -0.2) is 15.0 Å². The minimum atomic E-state index is -0.644. The lowest BCUT2D eigenvalue weighted by atomic mass is 10.0. The van der Waals surface area contributed by atoms with Crippen molar-refractivity contribution in [2.45, 2.75) is 80.4 Å². The zero-order valence-corrected chi connectivity index (χ0v) is 23.8. The van der Waals surface area contributed by atoms with Crippen molar-refractivity contribution in [3.05, 3.63) is 52.0 Å². The first-order valence-electron chi connectivity index (χ1n) is 13.1. The highest BCUT2D eigenvalue weighted by Crippen LogP contribution is 2.29. The van der Waals surface area contributed by atoms with Gasteiger partial charge in [-0.1, -0.05) is 41.5 Å². The van der Waals surface area contributed by atoms with Gasteiger partial charge in [0, 0.05) is 0 Å². The van der Waals surface area contributed by atoms with Crippen LogP contribution in [0.3, 0.4) is 0 Å². The normalized spacial score (nSPS) is 20.6. The van der Waals surface area contributed by atoms with E-state index in [1.54, 1.807) is 20.8 Å². The molecule has 12 nitrogen and oxygen atoms in total. The number of nitrogens with one attached hydrogen (secondary N) is 3. The van der Waals surface area contributed by atoms with Crippen LogP contribution < -0.4 is 16.0 Å². The smallest absolute Gasteiger partial charge is 0.274 e. The van der Waals surface area contributed by atoms with E-state index in [1.807, 2.05) is 41.5 Å². The summed E-state index contributed by atoms with van der Waals surface area (Å²) in [6, 6.07) is -1.93. The summed E-state index contributed by atoms with van der Waals surface area (Å²) in [6.07, 6.45) is 0. The molecule has 39 heavy (non-hydrogen) atoms. The summed E-state index contributed by atoms with van der Waals surface area (Å²) in [5.41, 5.74) is 0.243. The number of rotatable bonds is 3. The number of oxazole rings is 3. The van der Waals surface area contributed by atoms with E-state index in [-0.39, 0.29) is 52.5 Å². The van der Waals surface area contributed by atoms with E-state index in [4.69, 9.17) is 13.3 Å². The third-order valence-corrected chi connectivity index (χ3v) is 6.74. The maximum Gasteiger partial charge on any atom is 0.274 e. The third kappa shape index (κ3) is 5.45. The summed E-state index contributed by atoms with van der Waals surface area (Å²) >= 11 is 0. The second-order valence-corrected chi connectivity index (χ2v) is 11.0. The van der Waals surface area contributed by atoms with Gasteiger partial charge in [0.15, 0.2) is 17.1 Å². The highest BCUT2D eigenvalue weighted by Gasteiger charge is 2.34. The van der Waals surface area contributed by atoms with Gasteiger partial charge >= 0.3 is 0 Å². The Morgan fingerprint density at radius 1 is 0.513 bits per heavy atom. The Bertz CT molecular complexity index is 1230. The summed E-state index contributed by atoms with van der Waals surface area (Å²) in [5.74, 6) is -0.355. The van der Waals surface area contributed by atoms with E-state index in [9.17, 15) is 14.4 Å².